The van der Waals surface area contributed by atoms with Crippen LogP contribution in [0.4, 0.5) is 0 Å². The molecule has 0 aromatic heterocycles. The lowest BCUT2D eigenvalue weighted by atomic mass is 10.0. The topological polar surface area (TPSA) is 61.8 Å². The van der Waals surface area contributed by atoms with E-state index in [0.717, 1.165) is 44.9 Å². The van der Waals surface area contributed by atoms with E-state index >= 15 is 0 Å². The van der Waals surface area contributed by atoms with Crippen molar-refractivity contribution in [2.75, 3.05) is 31.8 Å². The van der Waals surface area contributed by atoms with Crippen molar-refractivity contribution >= 4 is 51.0 Å². The molecule has 0 aromatic rings. The van der Waals surface area contributed by atoms with Gasteiger partial charge in [0.2, 0.25) is 0 Å². The van der Waals surface area contributed by atoms with Crippen molar-refractivity contribution in [3.8, 4) is 0 Å². The van der Waals surface area contributed by atoms with Gasteiger partial charge in [-0.2, -0.15) is 0 Å². The Hall–Kier alpha value is -0.140. The number of thioether (sulfide) groups is 1. The molecule has 0 N–H and O–H groups in total. The molecule has 292 valence electrons. The van der Waals surface area contributed by atoms with Crippen molar-refractivity contribution in [1.29, 1.82) is 0 Å². The smallest absolute Gasteiger partial charge is 0.380 e. The molecule has 9 heteroatoms. The Bertz CT molecular complexity index is 913. The van der Waals surface area contributed by atoms with Crippen LogP contribution >= 0.6 is 45.9 Å². The van der Waals surface area contributed by atoms with Crippen LogP contribution in [0.5, 0.6) is 0 Å². The highest BCUT2D eigenvalue weighted by molar-refractivity contribution is 9.09. The molecule has 5 nitrogen and oxygen atoms in total. The minimum absolute atomic E-state index is 0.0371. The zero-order valence-electron chi connectivity index (χ0n) is 31.9. The predicted molar refractivity (Wildman–Crippen MR) is 225 cm³/mol. The summed E-state index contributed by atoms with van der Waals surface area (Å²) in [6, 6.07) is 0. The molecule has 0 rings (SSSR count). The number of carbonyl (C=O) groups excluding carboxylic acids is 1. The van der Waals surface area contributed by atoms with Crippen molar-refractivity contribution in [1.82, 2.24) is 0 Å². The first-order valence-corrected chi connectivity index (χ1v) is 24.4. The Morgan fingerprint density at radius 1 is 0.620 bits per heavy atom. The molecule has 50 heavy (non-hydrogen) atoms. The second-order valence-corrected chi connectivity index (χ2v) is 17.8. The van der Waals surface area contributed by atoms with E-state index in [1.807, 2.05) is 0 Å². The Balaban J connectivity index is 4.17. The van der Waals surface area contributed by atoms with Crippen LogP contribution in [0.1, 0.15) is 168 Å². The lowest BCUT2D eigenvalue weighted by molar-refractivity contribution is -0.111. The zero-order valence-corrected chi connectivity index (χ0v) is 35.9. The molecule has 0 saturated carbocycles. The average Bonchev–Trinajstić information content (AvgIpc) is 3.10. The highest BCUT2D eigenvalue weighted by Gasteiger charge is 2.24. The van der Waals surface area contributed by atoms with Gasteiger partial charge >= 0.3 is 6.95 Å². The van der Waals surface area contributed by atoms with Crippen LogP contribution in [0.25, 0.3) is 0 Å². The molecule has 2 atom stereocenters. The Labute approximate surface area is 326 Å². The maximum absolute atomic E-state index is 12.7. The molecule has 0 aromatic carbocycles. The van der Waals surface area contributed by atoms with E-state index in [2.05, 4.69) is 78.4 Å². The molecule has 0 saturated heterocycles. The molecule has 0 bridgehead atoms. The van der Waals surface area contributed by atoms with Gasteiger partial charge in [0.1, 0.15) is 0 Å². The number of alkyl halides is 1. The van der Waals surface area contributed by atoms with Gasteiger partial charge in [-0.1, -0.05) is 186 Å². The quantitative estimate of drug-likeness (QED) is 0.0267. The highest BCUT2D eigenvalue weighted by atomic mass is 79.9. The highest BCUT2D eigenvalue weighted by Crippen LogP contribution is 2.53. The summed E-state index contributed by atoms with van der Waals surface area (Å²) < 4.78 is 28.9. The third-order valence-electron chi connectivity index (χ3n) is 8.19. The largest absolute Gasteiger partial charge is 0.424 e. The van der Waals surface area contributed by atoms with Crippen LogP contribution < -0.4 is 0 Å². The fraction of sp³-hybridized carbons (Fsp3) is 0.780. The number of hydrogen-bond acceptors (Lipinski definition) is 6. The standard InChI is InChI=1S/C41H73BrClO5PS/c1-3-5-7-9-11-13-15-17-19-20-21-22-24-26-28-30-32-34-41(44)50-40(39-48-49(43,45)47-37-35-42)38-46-36-33-31-29-27-25-23-18-16-14-12-10-8-6-4-2/h11,13,17,19,21-22,26,28,40H,3-10,12,14-16,18,20,23-25,27,29-39H2,1-2H3/b13-11+,19-17+,22-21+,28-26+/t40-,49?/m1/s1. The summed E-state index contributed by atoms with van der Waals surface area (Å²) >= 11 is 10.4. The Morgan fingerprint density at radius 3 is 1.60 bits per heavy atom. The van der Waals surface area contributed by atoms with Gasteiger partial charge in [0.15, 0.2) is 5.12 Å². The number of unbranched alkanes of at least 4 members (excludes halogenated alkanes) is 17. The molecular formula is C41H73BrClO5PS. The second kappa shape index (κ2) is 40.1. The van der Waals surface area contributed by atoms with Crippen LogP contribution in [-0.4, -0.2) is 42.1 Å². The Kier molecular flexibility index (Phi) is 39.9. The monoisotopic (exact) mass is 822 g/mol. The summed E-state index contributed by atoms with van der Waals surface area (Å²) in [6.45, 7) is 2.03. The van der Waals surface area contributed by atoms with E-state index < -0.39 is 6.95 Å². The summed E-state index contributed by atoms with van der Waals surface area (Å²) in [7, 11) is 0. The van der Waals surface area contributed by atoms with Crippen LogP contribution in [0.2, 0.25) is 0 Å². The van der Waals surface area contributed by atoms with E-state index in [4.69, 9.17) is 25.0 Å². The molecule has 0 spiro atoms. The predicted octanol–water partition coefficient (Wildman–Crippen LogP) is 15.0. The maximum atomic E-state index is 12.7. The first-order valence-electron chi connectivity index (χ1n) is 20.0. The van der Waals surface area contributed by atoms with Crippen LogP contribution in [0.3, 0.4) is 0 Å². The molecule has 0 aliphatic heterocycles. The van der Waals surface area contributed by atoms with E-state index in [1.54, 1.807) is 0 Å². The van der Waals surface area contributed by atoms with E-state index in [9.17, 15) is 9.36 Å². The summed E-state index contributed by atoms with van der Waals surface area (Å²) in [6.07, 6.45) is 46.2. The first kappa shape index (κ1) is 49.9. The van der Waals surface area contributed by atoms with E-state index in [-0.39, 0.29) is 23.6 Å². The summed E-state index contributed by atoms with van der Waals surface area (Å²) in [5.41, 5.74) is 0. The van der Waals surface area contributed by atoms with Crippen LogP contribution in [0, 0.1) is 0 Å². The van der Waals surface area contributed by atoms with Crippen molar-refractivity contribution < 1.29 is 23.1 Å². The van der Waals surface area contributed by atoms with Gasteiger partial charge in [0.05, 0.1) is 25.1 Å². The van der Waals surface area contributed by atoms with Crippen molar-refractivity contribution in [2.45, 2.75) is 173 Å². The first-order chi connectivity index (χ1) is 24.4. The minimum atomic E-state index is -3.70. The van der Waals surface area contributed by atoms with E-state index in [0.29, 0.717) is 25.0 Å². The molecule has 1 unspecified atom stereocenters. The van der Waals surface area contributed by atoms with Gasteiger partial charge in [0.25, 0.3) is 0 Å². The summed E-state index contributed by atoms with van der Waals surface area (Å²) in [5.74, 6) is 0. The van der Waals surface area contributed by atoms with E-state index in [1.165, 1.54) is 114 Å². The van der Waals surface area contributed by atoms with Crippen LogP contribution in [0.15, 0.2) is 48.6 Å². The zero-order chi connectivity index (χ0) is 36.6. The summed E-state index contributed by atoms with van der Waals surface area (Å²) in [5, 5.41) is 0.302. The number of halogens is 2. The molecule has 0 aliphatic rings. The third-order valence-corrected chi connectivity index (χ3v) is 11.1. The number of hydrogen-bond donors (Lipinski definition) is 0. The van der Waals surface area contributed by atoms with Gasteiger partial charge in [-0.25, -0.2) is 4.57 Å². The van der Waals surface area contributed by atoms with Crippen molar-refractivity contribution in [3.05, 3.63) is 48.6 Å². The summed E-state index contributed by atoms with van der Waals surface area (Å²) in [4.78, 5) is 12.7. The number of ether oxygens (including phenoxy) is 1. The molecule has 0 aliphatic carbocycles. The lowest BCUT2D eigenvalue weighted by Gasteiger charge is -2.18. The number of rotatable bonds is 38. The molecule has 0 fully saturated rings. The van der Waals surface area contributed by atoms with Crippen molar-refractivity contribution in [3.63, 3.8) is 0 Å². The van der Waals surface area contributed by atoms with Gasteiger partial charge in [-0.15, -0.1) is 0 Å². The van der Waals surface area contributed by atoms with Gasteiger partial charge in [0, 0.05) is 29.6 Å². The van der Waals surface area contributed by atoms with Gasteiger partial charge < -0.3 is 4.74 Å². The lowest BCUT2D eigenvalue weighted by Crippen LogP contribution is -2.21. The second-order valence-electron chi connectivity index (χ2n) is 13.0. The molecule has 0 amide bonds. The van der Waals surface area contributed by atoms with Gasteiger partial charge in [-0.05, 0) is 51.4 Å². The molecule has 0 radical (unpaired) electrons. The fourth-order valence-electron chi connectivity index (χ4n) is 5.25. The SMILES string of the molecule is CCCCC/C=C/C/C=C/C/C=C/C/C=C/CCCC(=O)S[C@H](COCCCCCCCCCCCCCCCC)COP(=O)(Cl)OCCBr. The number of carbonyl (C=O) groups is 1. The fourth-order valence-corrected chi connectivity index (χ4v) is 7.82. The molecular weight excluding hydrogens is 751 g/mol. The molecule has 0 heterocycles. The van der Waals surface area contributed by atoms with Crippen LogP contribution in [-0.2, 0) is 23.1 Å². The maximum Gasteiger partial charge on any atom is 0.424 e. The van der Waals surface area contributed by atoms with Gasteiger partial charge in [-0.3, -0.25) is 13.8 Å². The third kappa shape index (κ3) is 39.1. The minimum Gasteiger partial charge on any atom is -0.380 e. The normalized spacial score (nSPS) is 14.2. The number of allylic oxidation sites excluding steroid dienone is 8. The average molecular weight is 824 g/mol. The Morgan fingerprint density at radius 2 is 1.08 bits per heavy atom. The van der Waals surface area contributed by atoms with Crippen molar-refractivity contribution in [2.24, 2.45) is 0 Å².